The molecule has 0 aliphatic heterocycles. The van der Waals surface area contributed by atoms with E-state index < -0.39 is 5.97 Å². The molecule has 0 amide bonds. The van der Waals surface area contributed by atoms with Gasteiger partial charge in [-0.1, -0.05) is 89.0 Å². The topological polar surface area (TPSA) is 77.0 Å². The van der Waals surface area contributed by atoms with E-state index in [9.17, 15) is 9.90 Å². The zero-order valence-corrected chi connectivity index (χ0v) is 24.6. The summed E-state index contributed by atoms with van der Waals surface area (Å²) in [4.78, 5) is 10.7. The zero-order valence-electron chi connectivity index (χ0n) is 24.6. The predicted molar refractivity (Wildman–Crippen MR) is 151 cm³/mol. The summed E-state index contributed by atoms with van der Waals surface area (Å²) in [5, 5.41) is 10.7. The van der Waals surface area contributed by atoms with Gasteiger partial charge in [0.2, 0.25) is 0 Å². The second-order valence-electron chi connectivity index (χ2n) is 10.8. The van der Waals surface area contributed by atoms with Crippen LogP contribution in [0.15, 0.2) is 24.3 Å². The Balaban J connectivity index is 1.88. The van der Waals surface area contributed by atoms with E-state index in [0.717, 1.165) is 0 Å². The fourth-order valence-electron chi connectivity index (χ4n) is 4.21. The Labute approximate surface area is 232 Å². The fraction of sp³-hybridized carbons (Fsp3) is 0.774. The average Bonchev–Trinajstić information content (AvgIpc) is 2.88. The minimum atomic E-state index is -1.05. The lowest BCUT2D eigenvalue weighted by molar-refractivity contribution is -0.885. The number of carbonyl (C=O) groups excluding carboxylic acids is 1. The summed E-state index contributed by atoms with van der Waals surface area (Å²) in [6, 6.07) is 8.81. The molecule has 220 valence electrons. The second kappa shape index (κ2) is 23.4. The number of unbranched alkanes of at least 4 members (excludes halogenated alkanes) is 9. The Morgan fingerprint density at radius 2 is 1.11 bits per heavy atom. The van der Waals surface area contributed by atoms with Gasteiger partial charge in [0, 0.05) is 0 Å². The number of carboxylic acids is 1. The van der Waals surface area contributed by atoms with Crippen LogP contribution in [-0.4, -0.2) is 83.9 Å². The molecule has 0 saturated heterocycles. The number of rotatable bonds is 27. The summed E-state index contributed by atoms with van der Waals surface area (Å²) in [5.74, 6) is -1.05. The average molecular weight is 538 g/mol. The van der Waals surface area contributed by atoms with Crippen molar-refractivity contribution in [1.29, 1.82) is 0 Å². The normalized spacial score (nSPS) is 11.8. The van der Waals surface area contributed by atoms with Crippen LogP contribution in [0.2, 0.25) is 0 Å². The maximum Gasteiger partial charge on any atom is 0.119 e. The van der Waals surface area contributed by atoms with E-state index in [1.807, 2.05) is 14.1 Å². The molecule has 0 atom stereocenters. The first-order valence-electron chi connectivity index (χ1n) is 14.8. The minimum absolute atomic E-state index is 0.0212. The Bertz CT molecular complexity index is 679. The molecule has 0 spiro atoms. The number of aryl methyl sites for hydroxylation is 1. The van der Waals surface area contributed by atoms with Gasteiger partial charge in [0.05, 0.1) is 72.9 Å². The van der Waals surface area contributed by atoms with E-state index in [1.165, 1.54) is 81.8 Å². The first kappa shape index (κ1) is 34.5. The van der Waals surface area contributed by atoms with Crippen LogP contribution in [0.4, 0.5) is 0 Å². The van der Waals surface area contributed by atoms with E-state index >= 15 is 0 Å². The van der Waals surface area contributed by atoms with Gasteiger partial charge in [-0.15, -0.1) is 0 Å². The van der Waals surface area contributed by atoms with Crippen LogP contribution in [-0.2, 0) is 36.8 Å². The third-order valence-electron chi connectivity index (χ3n) is 6.62. The van der Waals surface area contributed by atoms with Crippen molar-refractivity contribution >= 4 is 5.97 Å². The molecular formula is C31H55NO6. The number of aliphatic carboxylic acids is 1. The maximum absolute atomic E-state index is 10.7. The van der Waals surface area contributed by atoms with E-state index in [4.69, 9.17) is 18.9 Å². The number of likely N-dealkylation sites (N-methyl/N-ethyl adjacent to an activating group) is 1. The van der Waals surface area contributed by atoms with Gasteiger partial charge in [0.25, 0.3) is 0 Å². The van der Waals surface area contributed by atoms with Crippen LogP contribution in [0.25, 0.3) is 0 Å². The van der Waals surface area contributed by atoms with Gasteiger partial charge >= 0.3 is 0 Å². The quantitative estimate of drug-likeness (QED) is 0.121. The lowest BCUT2D eigenvalue weighted by Gasteiger charge is -2.29. The SMILES string of the molecule is CCCCCCCCCCCCc1ccc(COCCOCCOCCOCC[N+](C)(C)CC(=O)[O-])cc1. The second-order valence-corrected chi connectivity index (χ2v) is 10.8. The number of ether oxygens (including phenoxy) is 4. The standard InChI is InChI=1S/C31H55NO6/c1-4-5-6-7-8-9-10-11-12-13-14-29-15-17-30(18-16-29)28-38-26-25-37-24-23-36-22-21-35-20-19-32(2,3)27-31(33)34/h15-18H,4-14,19-28H2,1-3H3. The lowest BCUT2D eigenvalue weighted by atomic mass is 10.0. The fourth-order valence-corrected chi connectivity index (χ4v) is 4.21. The molecular weight excluding hydrogens is 482 g/mol. The third kappa shape index (κ3) is 21.4. The molecule has 38 heavy (non-hydrogen) atoms. The molecule has 1 rings (SSSR count). The van der Waals surface area contributed by atoms with Crippen LogP contribution in [0, 0.1) is 0 Å². The van der Waals surface area contributed by atoms with E-state index in [1.54, 1.807) is 0 Å². The molecule has 0 unspecified atom stereocenters. The Morgan fingerprint density at radius 1 is 0.658 bits per heavy atom. The van der Waals surface area contributed by atoms with Gasteiger partial charge < -0.3 is 33.3 Å². The maximum atomic E-state index is 10.7. The number of hydrogen-bond donors (Lipinski definition) is 0. The molecule has 0 aromatic heterocycles. The van der Waals surface area contributed by atoms with Gasteiger partial charge in [-0.05, 0) is 24.0 Å². The highest BCUT2D eigenvalue weighted by atomic mass is 16.6. The molecule has 1 aromatic carbocycles. The van der Waals surface area contributed by atoms with Crippen LogP contribution in [0.1, 0.15) is 82.3 Å². The molecule has 1 aromatic rings. The van der Waals surface area contributed by atoms with Crippen molar-refractivity contribution < 1.29 is 33.3 Å². The van der Waals surface area contributed by atoms with Crippen molar-refractivity contribution in [1.82, 2.24) is 0 Å². The summed E-state index contributed by atoms with van der Waals surface area (Å²) >= 11 is 0. The summed E-state index contributed by atoms with van der Waals surface area (Å²) in [7, 11) is 3.68. The van der Waals surface area contributed by atoms with Crippen molar-refractivity contribution in [3.05, 3.63) is 35.4 Å². The smallest absolute Gasteiger partial charge is 0.119 e. The Kier molecular flexibility index (Phi) is 21.2. The Morgan fingerprint density at radius 3 is 1.63 bits per heavy atom. The van der Waals surface area contributed by atoms with Gasteiger partial charge in [-0.25, -0.2) is 0 Å². The zero-order chi connectivity index (χ0) is 27.7. The molecule has 0 N–H and O–H groups in total. The van der Waals surface area contributed by atoms with E-state index in [0.29, 0.717) is 63.9 Å². The third-order valence-corrected chi connectivity index (χ3v) is 6.62. The van der Waals surface area contributed by atoms with Crippen LogP contribution in [0.5, 0.6) is 0 Å². The van der Waals surface area contributed by atoms with Crippen LogP contribution >= 0.6 is 0 Å². The number of benzene rings is 1. The molecule has 0 heterocycles. The highest BCUT2D eigenvalue weighted by Gasteiger charge is 2.14. The summed E-state index contributed by atoms with van der Waals surface area (Å²) < 4.78 is 22.6. The van der Waals surface area contributed by atoms with E-state index in [-0.39, 0.29) is 6.54 Å². The largest absolute Gasteiger partial charge is 0.544 e. The predicted octanol–water partition coefficient (Wildman–Crippen LogP) is 4.54. The molecule has 0 fully saturated rings. The molecule has 0 aliphatic rings. The van der Waals surface area contributed by atoms with Crippen molar-refractivity contribution in [2.45, 2.75) is 84.2 Å². The number of quaternary nitrogens is 1. The molecule has 0 radical (unpaired) electrons. The highest BCUT2D eigenvalue weighted by molar-refractivity contribution is 5.65. The number of hydrogen-bond acceptors (Lipinski definition) is 6. The van der Waals surface area contributed by atoms with Gasteiger partial charge in [-0.3, -0.25) is 0 Å². The number of nitrogens with zero attached hydrogens (tertiary/aromatic N) is 1. The number of carboxylic acid groups (broad SMARTS) is 1. The van der Waals surface area contributed by atoms with Crippen molar-refractivity contribution in [3.8, 4) is 0 Å². The Hall–Kier alpha value is -1.51. The summed E-state index contributed by atoms with van der Waals surface area (Å²) in [5.41, 5.74) is 2.61. The molecule has 0 saturated carbocycles. The first-order valence-corrected chi connectivity index (χ1v) is 14.8. The van der Waals surface area contributed by atoms with Crippen LogP contribution < -0.4 is 5.11 Å². The van der Waals surface area contributed by atoms with Crippen molar-refractivity contribution in [2.24, 2.45) is 0 Å². The van der Waals surface area contributed by atoms with Gasteiger partial charge in [0.1, 0.15) is 13.1 Å². The molecule has 0 aliphatic carbocycles. The number of carbonyl (C=O) groups is 1. The van der Waals surface area contributed by atoms with Crippen molar-refractivity contribution in [3.63, 3.8) is 0 Å². The van der Waals surface area contributed by atoms with E-state index in [2.05, 4.69) is 31.2 Å². The monoisotopic (exact) mass is 537 g/mol. The molecule has 0 bridgehead atoms. The summed E-state index contributed by atoms with van der Waals surface area (Å²) in [6.45, 7) is 7.06. The minimum Gasteiger partial charge on any atom is -0.544 e. The highest BCUT2D eigenvalue weighted by Crippen LogP contribution is 2.13. The van der Waals surface area contributed by atoms with Crippen molar-refractivity contribution in [2.75, 3.05) is 73.4 Å². The lowest BCUT2D eigenvalue weighted by Crippen LogP contribution is -2.49. The molecule has 7 nitrogen and oxygen atoms in total. The molecule has 7 heteroatoms. The summed E-state index contributed by atoms with van der Waals surface area (Å²) in [6.07, 6.45) is 14.9. The van der Waals surface area contributed by atoms with Gasteiger partial charge in [-0.2, -0.15) is 0 Å². The first-order chi connectivity index (χ1) is 18.4. The van der Waals surface area contributed by atoms with Crippen LogP contribution in [0.3, 0.4) is 0 Å². The van der Waals surface area contributed by atoms with Gasteiger partial charge in [0.15, 0.2) is 0 Å².